The molecule has 3 rings (SSSR count). The number of hydrogen-bond donors (Lipinski definition) is 1. The molecule has 1 aliphatic rings. The number of alkyl halides is 3. The lowest BCUT2D eigenvalue weighted by atomic mass is 10.1. The number of aromatic nitrogens is 3. The van der Waals surface area contributed by atoms with Gasteiger partial charge in [0, 0.05) is 12.6 Å². The van der Waals surface area contributed by atoms with E-state index in [-0.39, 0.29) is 12.1 Å². The van der Waals surface area contributed by atoms with Gasteiger partial charge in [0.25, 0.3) is 0 Å². The van der Waals surface area contributed by atoms with Crippen LogP contribution in [0.5, 0.6) is 0 Å². The van der Waals surface area contributed by atoms with Gasteiger partial charge < -0.3 is 5.32 Å². The number of nitrogens with one attached hydrogen (secondary N) is 1. The summed E-state index contributed by atoms with van der Waals surface area (Å²) in [6, 6.07) is 6.09. The molecule has 1 aliphatic carbocycles. The summed E-state index contributed by atoms with van der Waals surface area (Å²) in [7, 11) is 0. The Labute approximate surface area is 120 Å². The maximum atomic E-state index is 12.9. The first-order chi connectivity index (χ1) is 10.0. The van der Waals surface area contributed by atoms with Crippen molar-refractivity contribution in [1.82, 2.24) is 20.3 Å². The molecule has 21 heavy (non-hydrogen) atoms. The van der Waals surface area contributed by atoms with Gasteiger partial charge in [-0.15, -0.1) is 5.10 Å². The number of nitrogens with zero attached hydrogens (tertiary/aromatic N) is 3. The highest BCUT2D eigenvalue weighted by atomic mass is 19.4. The topological polar surface area (TPSA) is 42.7 Å². The van der Waals surface area contributed by atoms with Crippen molar-refractivity contribution in [3.8, 4) is 0 Å². The largest absolute Gasteiger partial charge is 0.416 e. The monoisotopic (exact) mass is 296 g/mol. The van der Waals surface area contributed by atoms with Gasteiger partial charge in [0.15, 0.2) is 0 Å². The molecular formula is C14H15F3N4. The van der Waals surface area contributed by atoms with Crippen molar-refractivity contribution in [2.24, 2.45) is 0 Å². The molecule has 0 bridgehead atoms. The van der Waals surface area contributed by atoms with E-state index < -0.39 is 11.7 Å². The molecule has 0 spiro atoms. The quantitative estimate of drug-likeness (QED) is 0.922. The zero-order valence-corrected chi connectivity index (χ0v) is 11.3. The van der Waals surface area contributed by atoms with Gasteiger partial charge in [0.1, 0.15) is 0 Å². The van der Waals surface area contributed by atoms with E-state index in [1.54, 1.807) is 12.3 Å². The summed E-state index contributed by atoms with van der Waals surface area (Å²) in [5.41, 5.74) is 0.307. The van der Waals surface area contributed by atoms with Crippen LogP contribution in [0.4, 0.5) is 13.2 Å². The number of benzene rings is 1. The Hall–Kier alpha value is -1.89. The van der Waals surface area contributed by atoms with Gasteiger partial charge in [-0.1, -0.05) is 23.4 Å². The van der Waals surface area contributed by atoms with E-state index >= 15 is 0 Å². The zero-order valence-electron chi connectivity index (χ0n) is 11.3. The van der Waals surface area contributed by atoms with Crippen LogP contribution in [0.25, 0.3) is 0 Å². The summed E-state index contributed by atoms with van der Waals surface area (Å²) in [6.07, 6.45) is -0.323. The molecule has 2 aromatic rings. The van der Waals surface area contributed by atoms with Crippen LogP contribution in [-0.2, 0) is 19.3 Å². The molecule has 1 aromatic heterocycles. The first-order valence-corrected chi connectivity index (χ1v) is 6.80. The van der Waals surface area contributed by atoms with Gasteiger partial charge in [-0.25, -0.2) is 4.68 Å². The molecule has 0 unspecified atom stereocenters. The number of rotatable bonds is 5. The molecule has 112 valence electrons. The molecule has 1 aromatic carbocycles. The summed E-state index contributed by atoms with van der Waals surface area (Å²) in [5, 5.41) is 11.2. The van der Waals surface area contributed by atoms with E-state index in [0.29, 0.717) is 12.6 Å². The van der Waals surface area contributed by atoms with Crippen LogP contribution < -0.4 is 5.32 Å². The van der Waals surface area contributed by atoms with Crippen molar-refractivity contribution in [1.29, 1.82) is 0 Å². The average molecular weight is 296 g/mol. The SMILES string of the molecule is FC(F)(F)c1ccccc1Cn1cc(CNC2CC2)nn1. The standard InChI is InChI=1S/C14H15F3N4/c15-14(16,17)13-4-2-1-3-10(13)8-21-9-12(19-20-21)7-18-11-5-6-11/h1-4,9,11,18H,5-8H2. The van der Waals surface area contributed by atoms with Gasteiger partial charge in [0.2, 0.25) is 0 Å². The molecule has 1 heterocycles. The van der Waals surface area contributed by atoms with Crippen LogP contribution in [0, 0.1) is 0 Å². The molecule has 0 amide bonds. The third-order valence-electron chi connectivity index (χ3n) is 3.39. The fourth-order valence-corrected chi connectivity index (χ4v) is 2.14. The third kappa shape index (κ3) is 3.60. The van der Waals surface area contributed by atoms with Crippen LogP contribution in [0.15, 0.2) is 30.5 Å². The predicted octanol–water partition coefficient (Wildman–Crippen LogP) is 2.60. The van der Waals surface area contributed by atoms with Crippen molar-refractivity contribution in [3.05, 3.63) is 47.3 Å². The summed E-state index contributed by atoms with van der Waals surface area (Å²) in [4.78, 5) is 0. The van der Waals surface area contributed by atoms with Gasteiger partial charge >= 0.3 is 6.18 Å². The van der Waals surface area contributed by atoms with Crippen molar-refractivity contribution < 1.29 is 13.2 Å². The van der Waals surface area contributed by atoms with Crippen LogP contribution in [0.2, 0.25) is 0 Å². The second-order valence-corrected chi connectivity index (χ2v) is 5.22. The van der Waals surface area contributed by atoms with Gasteiger partial charge in [0.05, 0.1) is 24.0 Å². The lowest BCUT2D eigenvalue weighted by Crippen LogP contribution is -2.15. The molecule has 1 N–H and O–H groups in total. The van der Waals surface area contributed by atoms with Crippen LogP contribution in [-0.4, -0.2) is 21.0 Å². The highest BCUT2D eigenvalue weighted by Crippen LogP contribution is 2.32. The van der Waals surface area contributed by atoms with Gasteiger partial charge in [-0.3, -0.25) is 0 Å². The van der Waals surface area contributed by atoms with E-state index in [1.807, 2.05) is 0 Å². The lowest BCUT2D eigenvalue weighted by molar-refractivity contribution is -0.138. The Morgan fingerprint density at radius 1 is 1.24 bits per heavy atom. The van der Waals surface area contributed by atoms with Gasteiger partial charge in [-0.2, -0.15) is 13.2 Å². The van der Waals surface area contributed by atoms with Crippen LogP contribution in [0.1, 0.15) is 29.7 Å². The minimum Gasteiger partial charge on any atom is -0.308 e. The first kappa shape index (κ1) is 14.1. The lowest BCUT2D eigenvalue weighted by Gasteiger charge is -2.12. The average Bonchev–Trinajstić information content (AvgIpc) is 3.16. The van der Waals surface area contributed by atoms with Crippen LogP contribution >= 0.6 is 0 Å². The fraction of sp³-hybridized carbons (Fsp3) is 0.429. The number of hydrogen-bond acceptors (Lipinski definition) is 3. The summed E-state index contributed by atoms with van der Waals surface area (Å²) >= 11 is 0. The first-order valence-electron chi connectivity index (χ1n) is 6.80. The fourth-order valence-electron chi connectivity index (χ4n) is 2.14. The van der Waals surface area contributed by atoms with E-state index in [4.69, 9.17) is 0 Å². The van der Waals surface area contributed by atoms with E-state index in [2.05, 4.69) is 15.6 Å². The van der Waals surface area contributed by atoms with Crippen molar-refractivity contribution >= 4 is 0 Å². The molecule has 4 nitrogen and oxygen atoms in total. The normalized spacial score (nSPS) is 15.4. The molecule has 7 heteroatoms. The third-order valence-corrected chi connectivity index (χ3v) is 3.39. The summed E-state index contributed by atoms with van der Waals surface area (Å²) < 4.78 is 40.2. The summed E-state index contributed by atoms with van der Waals surface area (Å²) in [6.45, 7) is 0.664. The molecule has 1 fully saturated rings. The molecular weight excluding hydrogens is 281 g/mol. The maximum absolute atomic E-state index is 12.9. The number of halogens is 3. The molecule has 0 saturated heterocycles. The smallest absolute Gasteiger partial charge is 0.308 e. The Balaban J connectivity index is 1.71. The van der Waals surface area contributed by atoms with Crippen molar-refractivity contribution in [2.45, 2.75) is 38.1 Å². The van der Waals surface area contributed by atoms with Crippen molar-refractivity contribution in [2.75, 3.05) is 0 Å². The molecule has 0 aliphatic heterocycles. The van der Waals surface area contributed by atoms with Crippen molar-refractivity contribution in [3.63, 3.8) is 0 Å². The second-order valence-electron chi connectivity index (χ2n) is 5.22. The predicted molar refractivity (Wildman–Crippen MR) is 70.4 cm³/mol. The highest BCUT2D eigenvalue weighted by Gasteiger charge is 2.32. The van der Waals surface area contributed by atoms with E-state index in [0.717, 1.165) is 11.8 Å². The molecule has 0 atom stereocenters. The van der Waals surface area contributed by atoms with Crippen LogP contribution in [0.3, 0.4) is 0 Å². The maximum Gasteiger partial charge on any atom is 0.416 e. The van der Waals surface area contributed by atoms with E-state index in [9.17, 15) is 13.2 Å². The Morgan fingerprint density at radius 2 is 2.00 bits per heavy atom. The zero-order chi connectivity index (χ0) is 14.9. The molecule has 1 saturated carbocycles. The summed E-state index contributed by atoms with van der Waals surface area (Å²) in [5.74, 6) is 0. The van der Waals surface area contributed by atoms with E-state index in [1.165, 1.54) is 29.7 Å². The van der Waals surface area contributed by atoms with Gasteiger partial charge in [-0.05, 0) is 24.5 Å². The Kier molecular flexibility index (Phi) is 3.67. The Morgan fingerprint density at radius 3 is 2.71 bits per heavy atom. The Bertz CT molecular complexity index is 617. The molecule has 0 radical (unpaired) electrons. The minimum absolute atomic E-state index is 0.0616. The highest BCUT2D eigenvalue weighted by molar-refractivity contribution is 5.29. The second kappa shape index (κ2) is 5.48. The minimum atomic E-state index is -4.35.